The van der Waals surface area contributed by atoms with E-state index in [0.29, 0.717) is 24.6 Å². The number of fused-ring (bicyclic) bond motifs is 1. The molecule has 6 nitrogen and oxygen atoms in total. The summed E-state index contributed by atoms with van der Waals surface area (Å²) in [6, 6.07) is 0. The fourth-order valence-electron chi connectivity index (χ4n) is 4.11. The molecule has 0 spiro atoms. The Morgan fingerprint density at radius 3 is 2.64 bits per heavy atom. The minimum absolute atomic E-state index is 0.146. The molecule has 0 bridgehead atoms. The number of unbranched alkanes of at least 4 members (excludes halogenated alkanes) is 2. The highest BCUT2D eigenvalue weighted by atomic mass is 16.2. The van der Waals surface area contributed by atoms with Gasteiger partial charge in [-0.1, -0.05) is 31.4 Å². The lowest BCUT2D eigenvalue weighted by Crippen LogP contribution is -2.28. The van der Waals surface area contributed by atoms with Crippen molar-refractivity contribution in [3.8, 4) is 0 Å². The zero-order chi connectivity index (χ0) is 19.8. The van der Waals surface area contributed by atoms with Gasteiger partial charge in [-0.25, -0.2) is 4.98 Å². The zero-order valence-electron chi connectivity index (χ0n) is 17.2. The monoisotopic (exact) mass is 386 g/mol. The van der Waals surface area contributed by atoms with Crippen LogP contribution >= 0.6 is 0 Å². The molecular formula is C22H34N4O2. The molecule has 1 aromatic rings. The zero-order valence-corrected chi connectivity index (χ0v) is 17.2. The summed E-state index contributed by atoms with van der Waals surface area (Å²) in [4.78, 5) is 29.8. The second-order valence-electron chi connectivity index (χ2n) is 7.92. The van der Waals surface area contributed by atoms with Crippen molar-refractivity contribution < 1.29 is 9.59 Å². The van der Waals surface area contributed by atoms with E-state index in [-0.39, 0.29) is 11.8 Å². The molecule has 0 fully saturated rings. The van der Waals surface area contributed by atoms with Crippen LogP contribution in [0, 0.1) is 0 Å². The molecule has 1 aromatic heterocycles. The van der Waals surface area contributed by atoms with Crippen LogP contribution in [0.15, 0.2) is 11.6 Å². The summed E-state index contributed by atoms with van der Waals surface area (Å²) < 4.78 is 1.96. The molecule has 1 aliphatic carbocycles. The first-order valence-electron chi connectivity index (χ1n) is 11.0. The van der Waals surface area contributed by atoms with Gasteiger partial charge in [0.15, 0.2) is 5.82 Å². The van der Waals surface area contributed by atoms with Crippen LogP contribution in [-0.4, -0.2) is 34.5 Å². The van der Waals surface area contributed by atoms with Crippen molar-refractivity contribution in [2.45, 2.75) is 84.1 Å². The Morgan fingerprint density at radius 2 is 1.86 bits per heavy atom. The van der Waals surface area contributed by atoms with E-state index in [1.807, 2.05) is 4.57 Å². The van der Waals surface area contributed by atoms with E-state index in [1.165, 1.54) is 18.4 Å². The van der Waals surface area contributed by atoms with Crippen LogP contribution in [0.2, 0.25) is 0 Å². The van der Waals surface area contributed by atoms with E-state index in [1.54, 1.807) is 0 Å². The standard InChI is InChI=1S/C22H34N4O2/c1-2-3-8-14-23-22(28)20-25-19(18-12-7-9-16-26(18)20)21(27)24-15-13-17-10-5-4-6-11-17/h10H,2-9,11-16H2,1H3,(H,23,28)(H,24,27). The maximum Gasteiger partial charge on any atom is 0.287 e. The van der Waals surface area contributed by atoms with Crippen LogP contribution in [0.3, 0.4) is 0 Å². The van der Waals surface area contributed by atoms with E-state index >= 15 is 0 Å². The van der Waals surface area contributed by atoms with Gasteiger partial charge in [0, 0.05) is 19.6 Å². The van der Waals surface area contributed by atoms with Gasteiger partial charge < -0.3 is 15.2 Å². The third-order valence-corrected chi connectivity index (χ3v) is 5.72. The number of hydrogen-bond donors (Lipinski definition) is 2. The normalized spacial score (nSPS) is 16.2. The molecule has 154 valence electrons. The summed E-state index contributed by atoms with van der Waals surface area (Å²) in [5.41, 5.74) is 2.81. The highest BCUT2D eigenvalue weighted by Crippen LogP contribution is 2.22. The predicted octanol–water partition coefficient (Wildman–Crippen LogP) is 3.76. The lowest BCUT2D eigenvalue weighted by molar-refractivity contribution is 0.0937. The second-order valence-corrected chi connectivity index (χ2v) is 7.92. The van der Waals surface area contributed by atoms with Crippen molar-refractivity contribution in [1.29, 1.82) is 0 Å². The first-order valence-corrected chi connectivity index (χ1v) is 11.0. The molecule has 0 atom stereocenters. The molecule has 0 saturated heterocycles. The van der Waals surface area contributed by atoms with Crippen molar-refractivity contribution in [2.75, 3.05) is 13.1 Å². The highest BCUT2D eigenvalue weighted by molar-refractivity contribution is 5.97. The van der Waals surface area contributed by atoms with Crippen LogP contribution in [0.4, 0.5) is 0 Å². The minimum atomic E-state index is -0.161. The molecule has 0 aromatic carbocycles. The first kappa shape index (κ1) is 20.6. The van der Waals surface area contributed by atoms with E-state index in [4.69, 9.17) is 0 Å². The number of hydrogen-bond acceptors (Lipinski definition) is 3. The third kappa shape index (κ3) is 5.24. The quantitative estimate of drug-likeness (QED) is 0.501. The summed E-state index contributed by atoms with van der Waals surface area (Å²) in [5.74, 6) is 0.0871. The number of amides is 2. The molecular weight excluding hydrogens is 352 g/mol. The molecule has 0 radical (unpaired) electrons. The SMILES string of the molecule is CCCCCNC(=O)c1nc(C(=O)NCCC2=CCCCC2)c2n1CCCC2. The molecule has 2 N–H and O–H groups in total. The van der Waals surface area contributed by atoms with Crippen LogP contribution in [-0.2, 0) is 13.0 Å². The Balaban J connectivity index is 1.63. The maximum atomic E-state index is 12.8. The van der Waals surface area contributed by atoms with Gasteiger partial charge >= 0.3 is 0 Å². The Bertz CT molecular complexity index is 720. The number of allylic oxidation sites excluding steroid dienone is 1. The van der Waals surface area contributed by atoms with Crippen LogP contribution < -0.4 is 10.6 Å². The number of carbonyl (C=O) groups excluding carboxylic acids is 2. The maximum absolute atomic E-state index is 12.8. The molecule has 2 heterocycles. The fraction of sp³-hybridized carbons (Fsp3) is 0.682. The largest absolute Gasteiger partial charge is 0.350 e. The van der Waals surface area contributed by atoms with E-state index in [9.17, 15) is 9.59 Å². The van der Waals surface area contributed by atoms with Gasteiger partial charge in [-0.2, -0.15) is 0 Å². The second kappa shape index (κ2) is 10.4. The van der Waals surface area contributed by atoms with E-state index < -0.39 is 0 Å². The van der Waals surface area contributed by atoms with Gasteiger partial charge in [0.25, 0.3) is 11.8 Å². The number of carbonyl (C=O) groups is 2. The fourth-order valence-corrected chi connectivity index (χ4v) is 4.11. The average Bonchev–Trinajstić information content (AvgIpc) is 3.12. The Hall–Kier alpha value is -2.11. The summed E-state index contributed by atoms with van der Waals surface area (Å²) in [6.07, 6.45) is 14.1. The summed E-state index contributed by atoms with van der Waals surface area (Å²) >= 11 is 0. The molecule has 1 aliphatic heterocycles. The van der Waals surface area contributed by atoms with Gasteiger partial charge in [0.2, 0.25) is 0 Å². The lowest BCUT2D eigenvalue weighted by atomic mass is 9.97. The summed E-state index contributed by atoms with van der Waals surface area (Å²) in [7, 11) is 0. The van der Waals surface area contributed by atoms with Gasteiger partial charge in [-0.3, -0.25) is 9.59 Å². The van der Waals surface area contributed by atoms with Gasteiger partial charge in [-0.05, 0) is 57.8 Å². The van der Waals surface area contributed by atoms with Gasteiger partial charge in [0.05, 0.1) is 5.69 Å². The minimum Gasteiger partial charge on any atom is -0.350 e. The third-order valence-electron chi connectivity index (χ3n) is 5.72. The van der Waals surface area contributed by atoms with Crippen molar-refractivity contribution in [2.24, 2.45) is 0 Å². The molecule has 6 heteroatoms. The smallest absolute Gasteiger partial charge is 0.287 e. The van der Waals surface area contributed by atoms with Gasteiger partial charge in [0.1, 0.15) is 5.69 Å². The Morgan fingerprint density at radius 1 is 1.04 bits per heavy atom. The Labute approximate surface area is 168 Å². The molecule has 0 saturated carbocycles. The molecule has 2 amide bonds. The Kier molecular flexibility index (Phi) is 7.69. The molecule has 0 unspecified atom stereocenters. The van der Waals surface area contributed by atoms with Crippen LogP contribution in [0.1, 0.15) is 97.9 Å². The van der Waals surface area contributed by atoms with E-state index in [2.05, 4.69) is 28.6 Å². The number of aromatic nitrogens is 2. The first-order chi connectivity index (χ1) is 13.7. The number of nitrogens with zero attached hydrogens (tertiary/aromatic N) is 2. The van der Waals surface area contributed by atoms with Crippen molar-refractivity contribution in [3.05, 3.63) is 28.9 Å². The summed E-state index contributed by atoms with van der Waals surface area (Å²) in [5, 5.41) is 5.98. The molecule has 28 heavy (non-hydrogen) atoms. The van der Waals surface area contributed by atoms with Crippen LogP contribution in [0.25, 0.3) is 0 Å². The summed E-state index contributed by atoms with van der Waals surface area (Å²) in [6.45, 7) is 4.20. The number of imidazole rings is 1. The van der Waals surface area contributed by atoms with Gasteiger partial charge in [-0.15, -0.1) is 0 Å². The van der Waals surface area contributed by atoms with Crippen molar-refractivity contribution >= 4 is 11.8 Å². The van der Waals surface area contributed by atoms with Crippen molar-refractivity contribution in [3.63, 3.8) is 0 Å². The number of rotatable bonds is 9. The lowest BCUT2D eigenvalue weighted by Gasteiger charge is -2.17. The predicted molar refractivity (Wildman–Crippen MR) is 111 cm³/mol. The highest BCUT2D eigenvalue weighted by Gasteiger charge is 2.27. The average molecular weight is 387 g/mol. The molecule has 2 aliphatic rings. The van der Waals surface area contributed by atoms with Crippen molar-refractivity contribution in [1.82, 2.24) is 20.2 Å². The topological polar surface area (TPSA) is 76.0 Å². The number of nitrogens with one attached hydrogen (secondary N) is 2. The molecule has 3 rings (SSSR count). The van der Waals surface area contributed by atoms with Crippen LogP contribution in [0.5, 0.6) is 0 Å². The van der Waals surface area contributed by atoms with E-state index in [0.717, 1.165) is 70.0 Å².